The van der Waals surface area contributed by atoms with Gasteiger partial charge in [0.05, 0.1) is 29.6 Å². The van der Waals surface area contributed by atoms with Crippen molar-refractivity contribution in [1.82, 2.24) is 9.88 Å². The van der Waals surface area contributed by atoms with Crippen molar-refractivity contribution in [1.29, 1.82) is 0 Å². The maximum atomic E-state index is 12.7. The zero-order valence-electron chi connectivity index (χ0n) is 17.6. The van der Waals surface area contributed by atoms with Gasteiger partial charge in [0.1, 0.15) is 11.6 Å². The fourth-order valence-electron chi connectivity index (χ4n) is 3.54. The summed E-state index contributed by atoms with van der Waals surface area (Å²) in [4.78, 5) is 33.5. The molecule has 1 aliphatic heterocycles. The molecule has 0 unspecified atom stereocenters. The van der Waals surface area contributed by atoms with Crippen molar-refractivity contribution in [2.45, 2.75) is 0 Å². The van der Waals surface area contributed by atoms with Crippen molar-refractivity contribution < 1.29 is 14.3 Å². The lowest BCUT2D eigenvalue weighted by Crippen LogP contribution is -2.49. The van der Waals surface area contributed by atoms with Gasteiger partial charge >= 0.3 is 0 Å². The van der Waals surface area contributed by atoms with E-state index in [2.05, 4.69) is 15.2 Å². The van der Waals surface area contributed by atoms with Gasteiger partial charge in [0, 0.05) is 31.7 Å². The average molecular weight is 451 g/mol. The second-order valence-electron chi connectivity index (χ2n) is 7.35. The quantitative estimate of drug-likeness (QED) is 0.636. The molecule has 7 nitrogen and oxygen atoms in total. The molecule has 1 aromatic heterocycles. The van der Waals surface area contributed by atoms with E-state index in [0.29, 0.717) is 53.8 Å². The molecule has 1 fully saturated rings. The number of methoxy groups -OCH3 is 1. The highest BCUT2D eigenvalue weighted by molar-refractivity contribution is 6.33. The van der Waals surface area contributed by atoms with Crippen LogP contribution in [0.15, 0.2) is 66.9 Å². The predicted octanol–water partition coefficient (Wildman–Crippen LogP) is 3.96. The highest BCUT2D eigenvalue weighted by atomic mass is 35.5. The molecule has 32 heavy (non-hydrogen) atoms. The Morgan fingerprint density at radius 1 is 0.969 bits per heavy atom. The van der Waals surface area contributed by atoms with Crippen LogP contribution in [0.25, 0.3) is 0 Å². The summed E-state index contributed by atoms with van der Waals surface area (Å²) < 4.78 is 5.11. The lowest BCUT2D eigenvalue weighted by molar-refractivity contribution is 0.0746. The van der Waals surface area contributed by atoms with Gasteiger partial charge in [0.25, 0.3) is 11.8 Å². The first kappa shape index (κ1) is 21.6. The molecule has 1 aliphatic rings. The van der Waals surface area contributed by atoms with Crippen LogP contribution in [-0.2, 0) is 0 Å². The van der Waals surface area contributed by atoms with Gasteiger partial charge in [-0.15, -0.1) is 0 Å². The first-order valence-electron chi connectivity index (χ1n) is 10.3. The van der Waals surface area contributed by atoms with Crippen LogP contribution in [0.5, 0.6) is 5.75 Å². The second-order valence-corrected chi connectivity index (χ2v) is 7.75. The van der Waals surface area contributed by atoms with Crippen LogP contribution in [0.4, 0.5) is 11.5 Å². The lowest BCUT2D eigenvalue weighted by atomic mass is 10.2. The van der Waals surface area contributed by atoms with Crippen molar-refractivity contribution in [3.05, 3.63) is 83.0 Å². The molecule has 2 aromatic carbocycles. The van der Waals surface area contributed by atoms with E-state index in [-0.39, 0.29) is 11.8 Å². The largest absolute Gasteiger partial charge is 0.497 e. The van der Waals surface area contributed by atoms with Crippen molar-refractivity contribution in [3.8, 4) is 5.75 Å². The van der Waals surface area contributed by atoms with E-state index in [0.717, 1.165) is 5.82 Å². The zero-order chi connectivity index (χ0) is 22.5. The third-order valence-corrected chi connectivity index (χ3v) is 5.68. The summed E-state index contributed by atoms with van der Waals surface area (Å²) in [6, 6.07) is 17.7. The van der Waals surface area contributed by atoms with E-state index in [1.54, 1.807) is 54.6 Å². The van der Waals surface area contributed by atoms with Crippen LogP contribution in [0, 0.1) is 0 Å². The van der Waals surface area contributed by atoms with Crippen LogP contribution >= 0.6 is 11.6 Å². The topological polar surface area (TPSA) is 74.8 Å². The summed E-state index contributed by atoms with van der Waals surface area (Å²) in [6.07, 6.45) is 1.64. The van der Waals surface area contributed by atoms with E-state index in [1.165, 1.54) is 0 Å². The molecule has 2 amide bonds. The minimum atomic E-state index is -0.214. The molecule has 0 radical (unpaired) electrons. The molecule has 0 spiro atoms. The van der Waals surface area contributed by atoms with Gasteiger partial charge in [-0.1, -0.05) is 23.7 Å². The van der Waals surface area contributed by atoms with E-state index in [4.69, 9.17) is 16.3 Å². The van der Waals surface area contributed by atoms with Crippen molar-refractivity contribution in [2.75, 3.05) is 43.5 Å². The number of hydrogen-bond donors (Lipinski definition) is 1. The third kappa shape index (κ3) is 4.84. The summed E-state index contributed by atoms with van der Waals surface area (Å²) in [5.74, 6) is 1.23. The zero-order valence-corrected chi connectivity index (χ0v) is 18.4. The van der Waals surface area contributed by atoms with Gasteiger partial charge in [-0.05, 0) is 48.5 Å². The number of halogens is 1. The van der Waals surface area contributed by atoms with E-state index < -0.39 is 0 Å². The number of nitrogens with zero attached hydrogens (tertiary/aromatic N) is 3. The third-order valence-electron chi connectivity index (χ3n) is 5.35. The van der Waals surface area contributed by atoms with Crippen molar-refractivity contribution in [3.63, 3.8) is 0 Å². The molecule has 8 heteroatoms. The van der Waals surface area contributed by atoms with Gasteiger partial charge in [-0.3, -0.25) is 9.59 Å². The highest BCUT2D eigenvalue weighted by Gasteiger charge is 2.24. The lowest BCUT2D eigenvalue weighted by Gasteiger charge is -2.35. The molecule has 0 saturated carbocycles. The van der Waals surface area contributed by atoms with Crippen LogP contribution in [0.2, 0.25) is 5.02 Å². The minimum Gasteiger partial charge on any atom is -0.497 e. The fourth-order valence-corrected chi connectivity index (χ4v) is 3.75. The Kier molecular flexibility index (Phi) is 6.56. The average Bonchev–Trinajstić information content (AvgIpc) is 2.84. The Bertz CT molecular complexity index is 1090. The molecular weight excluding hydrogens is 428 g/mol. The number of aromatic nitrogens is 1. The number of pyridine rings is 1. The van der Waals surface area contributed by atoms with Gasteiger partial charge in [0.15, 0.2) is 0 Å². The van der Waals surface area contributed by atoms with Crippen LogP contribution < -0.4 is 15.0 Å². The van der Waals surface area contributed by atoms with E-state index >= 15 is 0 Å². The number of carbonyl (C=O) groups is 2. The molecule has 4 rings (SSSR count). The number of anilines is 2. The Labute approximate surface area is 191 Å². The molecule has 1 N–H and O–H groups in total. The van der Waals surface area contributed by atoms with Gasteiger partial charge in [0.2, 0.25) is 0 Å². The van der Waals surface area contributed by atoms with E-state index in [9.17, 15) is 9.59 Å². The Balaban J connectivity index is 1.33. The fraction of sp³-hybridized carbons (Fsp3) is 0.208. The number of rotatable bonds is 5. The monoisotopic (exact) mass is 450 g/mol. The number of nitrogens with one attached hydrogen (secondary N) is 1. The Hall–Kier alpha value is -3.58. The van der Waals surface area contributed by atoms with Crippen molar-refractivity contribution >= 4 is 34.9 Å². The predicted molar refractivity (Wildman–Crippen MR) is 125 cm³/mol. The van der Waals surface area contributed by atoms with Crippen LogP contribution in [-0.4, -0.2) is 55.0 Å². The van der Waals surface area contributed by atoms with Crippen molar-refractivity contribution in [2.24, 2.45) is 0 Å². The van der Waals surface area contributed by atoms with Gasteiger partial charge in [-0.25, -0.2) is 4.98 Å². The number of hydrogen-bond acceptors (Lipinski definition) is 5. The molecule has 0 aliphatic carbocycles. The van der Waals surface area contributed by atoms with Gasteiger partial charge in [-0.2, -0.15) is 0 Å². The Morgan fingerprint density at radius 3 is 2.31 bits per heavy atom. The first-order valence-corrected chi connectivity index (χ1v) is 10.6. The maximum Gasteiger partial charge on any atom is 0.255 e. The minimum absolute atomic E-state index is 0.0557. The molecule has 1 saturated heterocycles. The number of carbonyl (C=O) groups excluding carboxylic acids is 2. The smallest absolute Gasteiger partial charge is 0.255 e. The molecule has 3 aromatic rings. The highest BCUT2D eigenvalue weighted by Crippen LogP contribution is 2.21. The molecule has 0 bridgehead atoms. The number of benzene rings is 2. The van der Waals surface area contributed by atoms with Crippen LogP contribution in [0.1, 0.15) is 20.7 Å². The standard InChI is InChI=1S/C24H23ClN4O3/c1-32-19-9-6-17(7-10-19)23(30)27-18-8-11-22(26-16-18)28-12-14-29(15-13-28)24(31)20-4-2-3-5-21(20)25/h2-11,16H,12-15H2,1H3,(H,27,30). The van der Waals surface area contributed by atoms with E-state index in [1.807, 2.05) is 24.3 Å². The number of ether oxygens (including phenoxy) is 1. The first-order chi connectivity index (χ1) is 15.5. The van der Waals surface area contributed by atoms with Gasteiger partial charge < -0.3 is 19.9 Å². The van der Waals surface area contributed by atoms with Crippen LogP contribution in [0.3, 0.4) is 0 Å². The normalized spacial score (nSPS) is 13.6. The molecular formula is C24H23ClN4O3. The summed E-state index contributed by atoms with van der Waals surface area (Å²) in [5, 5.41) is 3.31. The number of amides is 2. The summed E-state index contributed by atoms with van der Waals surface area (Å²) in [6.45, 7) is 2.50. The summed E-state index contributed by atoms with van der Waals surface area (Å²) in [5.41, 5.74) is 1.67. The SMILES string of the molecule is COc1ccc(C(=O)Nc2ccc(N3CCN(C(=O)c4ccccc4Cl)CC3)nc2)cc1. The maximum absolute atomic E-state index is 12.7. The summed E-state index contributed by atoms with van der Waals surface area (Å²) in [7, 11) is 1.58. The molecule has 164 valence electrons. The second kappa shape index (κ2) is 9.70. The molecule has 0 atom stereocenters. The Morgan fingerprint density at radius 2 is 1.69 bits per heavy atom. The molecule has 2 heterocycles. The number of piperazine rings is 1. The summed E-state index contributed by atoms with van der Waals surface area (Å²) >= 11 is 6.16.